The van der Waals surface area contributed by atoms with Crippen LogP contribution in [0.25, 0.3) is 0 Å². The van der Waals surface area contributed by atoms with Gasteiger partial charge in [0, 0.05) is 24.7 Å². The maximum absolute atomic E-state index is 11.5. The summed E-state index contributed by atoms with van der Waals surface area (Å²) in [5, 5.41) is 18.8. The van der Waals surface area contributed by atoms with Gasteiger partial charge in [0.25, 0.3) is 0 Å². The summed E-state index contributed by atoms with van der Waals surface area (Å²) in [6.07, 6.45) is 0.607. The van der Waals surface area contributed by atoms with Gasteiger partial charge in [0.05, 0.1) is 12.6 Å². The Balaban J connectivity index is 1.39. The molecule has 5 aliphatic heterocycles. The van der Waals surface area contributed by atoms with Crippen molar-refractivity contribution in [1.82, 2.24) is 4.90 Å². The van der Waals surface area contributed by atoms with Crippen LogP contribution >= 0.6 is 0 Å². The molecule has 174 valence electrons. The molecule has 6 aliphatic rings. The number of aliphatic carboxylic acids is 1. The third-order valence-corrected chi connectivity index (χ3v) is 8.22. The number of hydrogen-bond acceptors (Lipinski definition) is 7. The van der Waals surface area contributed by atoms with Gasteiger partial charge < -0.3 is 24.4 Å². The van der Waals surface area contributed by atoms with Crippen molar-refractivity contribution >= 4 is 12.1 Å². The molecule has 1 amide bonds. The van der Waals surface area contributed by atoms with Crippen LogP contribution in [0.5, 0.6) is 0 Å². The predicted octanol–water partition coefficient (Wildman–Crippen LogP) is 2.42. The lowest BCUT2D eigenvalue weighted by atomic mass is 9.58. The first-order chi connectivity index (χ1) is 14.6. The number of nitrogens with zero attached hydrogens (tertiary/aromatic N) is 1. The second-order valence-corrected chi connectivity index (χ2v) is 10.1. The SMILES string of the molecule is C[C@H]1[C@@H](O[C@@H]2C[C@@H](C(=O)O)N(C(=O)O)C2)O[C@@H]2O[C@@]3(C)CC[C@H]4[C@H](C)CC[C@@H]1[C@@]24OO3. The van der Waals surface area contributed by atoms with E-state index >= 15 is 0 Å². The van der Waals surface area contributed by atoms with E-state index in [4.69, 9.17) is 24.0 Å². The largest absolute Gasteiger partial charge is 0.480 e. The Bertz CT molecular complexity index is 741. The number of carboxylic acids is 1. The summed E-state index contributed by atoms with van der Waals surface area (Å²) >= 11 is 0. The van der Waals surface area contributed by atoms with Crippen molar-refractivity contribution in [2.24, 2.45) is 23.7 Å². The fourth-order valence-electron chi connectivity index (χ4n) is 6.56. The topological polar surface area (TPSA) is 124 Å². The van der Waals surface area contributed by atoms with Crippen LogP contribution in [0.2, 0.25) is 0 Å². The average molecular weight is 441 g/mol. The van der Waals surface area contributed by atoms with Gasteiger partial charge in [0.1, 0.15) is 6.04 Å². The number of likely N-dealkylation sites (tertiary alicyclic amines) is 1. The second kappa shape index (κ2) is 7.28. The molecule has 0 aromatic carbocycles. The maximum Gasteiger partial charge on any atom is 0.408 e. The van der Waals surface area contributed by atoms with Crippen LogP contribution < -0.4 is 0 Å². The molecule has 6 fully saturated rings. The molecule has 1 aliphatic carbocycles. The second-order valence-electron chi connectivity index (χ2n) is 10.1. The molecule has 2 bridgehead atoms. The normalized spacial score (nSPS) is 51.3. The van der Waals surface area contributed by atoms with Gasteiger partial charge >= 0.3 is 12.1 Å². The Morgan fingerprint density at radius 3 is 2.55 bits per heavy atom. The summed E-state index contributed by atoms with van der Waals surface area (Å²) in [5.41, 5.74) is -0.695. The molecule has 0 aromatic rings. The summed E-state index contributed by atoms with van der Waals surface area (Å²) in [6, 6.07) is -1.12. The summed E-state index contributed by atoms with van der Waals surface area (Å²) < 4.78 is 18.8. The average Bonchev–Trinajstić information content (AvgIpc) is 3.01. The van der Waals surface area contributed by atoms with Crippen LogP contribution in [0, 0.1) is 23.7 Å². The van der Waals surface area contributed by atoms with Gasteiger partial charge in [-0.3, -0.25) is 4.90 Å². The number of hydrogen-bond donors (Lipinski definition) is 2. The third-order valence-electron chi connectivity index (χ3n) is 8.22. The fraction of sp³-hybridized carbons (Fsp3) is 0.905. The summed E-state index contributed by atoms with van der Waals surface area (Å²) in [6.45, 7) is 6.15. The first-order valence-corrected chi connectivity index (χ1v) is 11.2. The molecule has 2 N–H and O–H groups in total. The quantitative estimate of drug-likeness (QED) is 0.635. The molecule has 10 nitrogen and oxygen atoms in total. The highest BCUT2D eigenvalue weighted by molar-refractivity contribution is 5.80. The van der Waals surface area contributed by atoms with Crippen molar-refractivity contribution in [2.45, 2.75) is 89.0 Å². The Morgan fingerprint density at radius 1 is 1.10 bits per heavy atom. The van der Waals surface area contributed by atoms with Crippen LogP contribution in [0.15, 0.2) is 0 Å². The lowest BCUT2D eigenvalue weighted by Crippen LogP contribution is -2.70. The van der Waals surface area contributed by atoms with Crippen LogP contribution in [0.3, 0.4) is 0 Å². The standard InChI is InChI=1S/C21H31NO9/c1-10-4-5-14-11(2)17(27-12-8-15(16(23)24)22(9-12)19(25)26)28-18-21(14)13(10)6-7-20(3,29-18)30-31-21/h10-15,17-18H,4-9H2,1-3H3,(H,23,24)(H,25,26)/t10-,11-,12-,13+,14+,15+,17+,18-,20-,21-/m1/s1. The van der Waals surface area contributed by atoms with E-state index in [1.54, 1.807) is 0 Å². The predicted molar refractivity (Wildman–Crippen MR) is 102 cm³/mol. The van der Waals surface area contributed by atoms with Crippen molar-refractivity contribution in [3.8, 4) is 0 Å². The van der Waals surface area contributed by atoms with Crippen LogP contribution in [0.1, 0.15) is 52.9 Å². The van der Waals surface area contributed by atoms with Crippen molar-refractivity contribution in [2.75, 3.05) is 6.54 Å². The summed E-state index contributed by atoms with van der Waals surface area (Å²) in [7, 11) is 0. The first kappa shape index (κ1) is 21.4. The smallest absolute Gasteiger partial charge is 0.408 e. The molecule has 5 heterocycles. The Kier molecular flexibility index (Phi) is 5.02. The molecule has 1 saturated carbocycles. The van der Waals surface area contributed by atoms with E-state index in [9.17, 15) is 19.8 Å². The first-order valence-electron chi connectivity index (χ1n) is 11.2. The minimum absolute atomic E-state index is 0.00278. The minimum Gasteiger partial charge on any atom is -0.480 e. The van der Waals surface area contributed by atoms with E-state index in [-0.39, 0.29) is 30.7 Å². The molecule has 5 saturated heterocycles. The molecule has 6 rings (SSSR count). The van der Waals surface area contributed by atoms with E-state index in [0.717, 1.165) is 24.2 Å². The number of carboxylic acid groups (broad SMARTS) is 2. The molecule has 0 aromatic heterocycles. The number of rotatable bonds is 3. The monoisotopic (exact) mass is 441 g/mol. The minimum atomic E-state index is -1.26. The highest BCUT2D eigenvalue weighted by Crippen LogP contribution is 2.60. The molecule has 0 radical (unpaired) electrons. The Labute approximate surface area is 180 Å². The zero-order valence-corrected chi connectivity index (χ0v) is 18.1. The van der Waals surface area contributed by atoms with Gasteiger partial charge in [-0.15, -0.1) is 0 Å². The lowest BCUT2D eigenvalue weighted by molar-refractivity contribution is -0.578. The van der Waals surface area contributed by atoms with E-state index in [2.05, 4.69) is 6.92 Å². The number of ether oxygens (including phenoxy) is 3. The van der Waals surface area contributed by atoms with Gasteiger partial charge in [0.2, 0.25) is 5.79 Å². The van der Waals surface area contributed by atoms with Crippen LogP contribution in [-0.2, 0) is 28.8 Å². The Hall–Kier alpha value is -1.46. The van der Waals surface area contributed by atoms with Gasteiger partial charge in [-0.2, -0.15) is 0 Å². The summed E-state index contributed by atoms with van der Waals surface area (Å²) in [5.74, 6) is -1.32. The molecule has 10 heteroatoms. The van der Waals surface area contributed by atoms with Crippen LogP contribution in [-0.4, -0.2) is 69.8 Å². The molecule has 1 spiro atoms. The van der Waals surface area contributed by atoms with Crippen molar-refractivity contribution in [3.05, 3.63) is 0 Å². The highest BCUT2D eigenvalue weighted by atomic mass is 17.3. The van der Waals surface area contributed by atoms with Crippen molar-refractivity contribution in [1.29, 1.82) is 0 Å². The molecular weight excluding hydrogens is 410 g/mol. The van der Waals surface area contributed by atoms with Crippen molar-refractivity contribution in [3.63, 3.8) is 0 Å². The number of amides is 1. The van der Waals surface area contributed by atoms with Gasteiger partial charge in [-0.1, -0.05) is 13.8 Å². The molecule has 0 unspecified atom stereocenters. The number of carbonyl (C=O) groups is 2. The zero-order valence-electron chi connectivity index (χ0n) is 18.1. The van der Waals surface area contributed by atoms with E-state index in [1.165, 1.54) is 0 Å². The van der Waals surface area contributed by atoms with E-state index in [1.807, 2.05) is 13.8 Å². The highest BCUT2D eigenvalue weighted by Gasteiger charge is 2.69. The fourth-order valence-corrected chi connectivity index (χ4v) is 6.56. The third kappa shape index (κ3) is 3.18. The van der Waals surface area contributed by atoms with Gasteiger partial charge in [0.15, 0.2) is 18.2 Å². The van der Waals surface area contributed by atoms with Gasteiger partial charge in [-0.25, -0.2) is 19.4 Å². The van der Waals surface area contributed by atoms with Crippen molar-refractivity contribution < 1.29 is 43.8 Å². The maximum atomic E-state index is 11.5. The van der Waals surface area contributed by atoms with E-state index in [0.29, 0.717) is 12.3 Å². The van der Waals surface area contributed by atoms with Gasteiger partial charge in [-0.05, 0) is 38.0 Å². The van der Waals surface area contributed by atoms with Crippen LogP contribution in [0.4, 0.5) is 4.79 Å². The Morgan fingerprint density at radius 2 is 1.87 bits per heavy atom. The van der Waals surface area contributed by atoms with E-state index < -0.39 is 48.2 Å². The summed E-state index contributed by atoms with van der Waals surface area (Å²) in [4.78, 5) is 35.8. The zero-order chi connectivity index (χ0) is 22.1. The molecular formula is C21H31NO9. The molecule has 31 heavy (non-hydrogen) atoms. The lowest BCUT2D eigenvalue weighted by Gasteiger charge is -2.60. The molecule has 10 atom stereocenters. The number of fused-ring (bicyclic) bond motifs is 2.